The van der Waals surface area contributed by atoms with Gasteiger partial charge in [0, 0.05) is 29.5 Å². The standard InChI is InChI=1S/C21H23Cl2FN2/c1-5-26-19-10-17(24)14(9-15(19)13(2)11-21(26,3)4)12-25-18-8-6-7-16(22)20(18)23/h6-10,12-13H,5,11H2,1-4H3. The molecule has 1 aliphatic rings. The summed E-state index contributed by atoms with van der Waals surface area (Å²) in [6.45, 7) is 9.57. The molecule has 2 aromatic rings. The maximum Gasteiger partial charge on any atom is 0.134 e. The monoisotopic (exact) mass is 392 g/mol. The Hall–Kier alpha value is -1.58. The van der Waals surface area contributed by atoms with Crippen LogP contribution >= 0.6 is 23.2 Å². The van der Waals surface area contributed by atoms with Crippen LogP contribution in [0.2, 0.25) is 10.0 Å². The fourth-order valence-corrected chi connectivity index (χ4v) is 4.29. The SMILES string of the molecule is CCN1c2cc(F)c(C=Nc3cccc(Cl)c3Cl)cc2C(C)CC1(C)C. The molecule has 0 aliphatic carbocycles. The van der Waals surface area contributed by atoms with E-state index >= 15 is 0 Å². The Kier molecular flexibility index (Phi) is 5.32. The molecule has 0 amide bonds. The lowest BCUT2D eigenvalue weighted by Gasteiger charge is -2.47. The lowest BCUT2D eigenvalue weighted by atomic mass is 9.79. The molecule has 0 spiro atoms. The van der Waals surface area contributed by atoms with E-state index in [1.165, 1.54) is 6.21 Å². The number of hydrogen-bond acceptors (Lipinski definition) is 2. The highest BCUT2D eigenvalue weighted by Gasteiger charge is 2.36. The molecular formula is C21H23Cl2FN2. The highest BCUT2D eigenvalue weighted by atomic mass is 35.5. The molecular weight excluding hydrogens is 370 g/mol. The lowest BCUT2D eigenvalue weighted by Crippen LogP contribution is -2.48. The second-order valence-corrected chi connectivity index (χ2v) is 8.21. The second kappa shape index (κ2) is 7.21. The Labute approximate surface area is 164 Å². The maximum absolute atomic E-state index is 14.8. The largest absolute Gasteiger partial charge is 0.366 e. The van der Waals surface area contributed by atoms with E-state index in [-0.39, 0.29) is 11.4 Å². The first kappa shape index (κ1) is 19.2. The van der Waals surface area contributed by atoms with Crippen LogP contribution in [-0.2, 0) is 0 Å². The van der Waals surface area contributed by atoms with Crippen LogP contribution in [0.25, 0.3) is 0 Å². The van der Waals surface area contributed by atoms with Crippen LogP contribution in [0, 0.1) is 5.82 Å². The number of nitrogens with zero attached hydrogens (tertiary/aromatic N) is 2. The fourth-order valence-electron chi connectivity index (χ4n) is 3.95. The predicted octanol–water partition coefficient (Wildman–Crippen LogP) is 7.00. The lowest BCUT2D eigenvalue weighted by molar-refractivity contribution is 0.380. The maximum atomic E-state index is 14.8. The smallest absolute Gasteiger partial charge is 0.134 e. The first-order chi connectivity index (χ1) is 12.2. The predicted molar refractivity (Wildman–Crippen MR) is 110 cm³/mol. The van der Waals surface area contributed by atoms with Gasteiger partial charge in [0.05, 0.1) is 15.7 Å². The number of halogens is 3. The molecule has 5 heteroatoms. The van der Waals surface area contributed by atoms with Gasteiger partial charge in [-0.2, -0.15) is 0 Å². The van der Waals surface area contributed by atoms with Crippen LogP contribution in [0.3, 0.4) is 0 Å². The van der Waals surface area contributed by atoms with Crippen molar-refractivity contribution >= 4 is 40.8 Å². The average molecular weight is 393 g/mol. The fraction of sp³-hybridized carbons (Fsp3) is 0.381. The van der Waals surface area contributed by atoms with Gasteiger partial charge in [-0.15, -0.1) is 0 Å². The third-order valence-electron chi connectivity index (χ3n) is 5.09. The van der Waals surface area contributed by atoms with Crippen molar-refractivity contribution in [2.45, 2.75) is 45.6 Å². The third-order valence-corrected chi connectivity index (χ3v) is 5.90. The van der Waals surface area contributed by atoms with Crippen molar-refractivity contribution in [3.8, 4) is 0 Å². The summed E-state index contributed by atoms with van der Waals surface area (Å²) in [7, 11) is 0. The summed E-state index contributed by atoms with van der Waals surface area (Å²) in [6.07, 6.45) is 2.55. The van der Waals surface area contributed by atoms with Gasteiger partial charge < -0.3 is 4.90 Å². The molecule has 0 N–H and O–H groups in total. The van der Waals surface area contributed by atoms with Crippen LogP contribution < -0.4 is 4.90 Å². The summed E-state index contributed by atoms with van der Waals surface area (Å²) in [5.41, 5.74) is 3.14. The van der Waals surface area contributed by atoms with E-state index in [1.54, 1.807) is 24.3 Å². The second-order valence-electron chi connectivity index (χ2n) is 7.43. The molecule has 0 aromatic heterocycles. The van der Waals surface area contributed by atoms with Crippen LogP contribution in [0.1, 0.15) is 51.2 Å². The normalized spacial score (nSPS) is 19.0. The number of rotatable bonds is 3. The molecule has 2 aromatic carbocycles. The Morgan fingerprint density at radius 3 is 2.73 bits per heavy atom. The highest BCUT2D eigenvalue weighted by Crippen LogP contribution is 2.44. The molecule has 138 valence electrons. The summed E-state index contributed by atoms with van der Waals surface area (Å²) in [5, 5.41) is 0.803. The van der Waals surface area contributed by atoms with Gasteiger partial charge in [0.15, 0.2) is 0 Å². The summed E-state index contributed by atoms with van der Waals surface area (Å²) in [6, 6.07) is 8.77. The summed E-state index contributed by atoms with van der Waals surface area (Å²) < 4.78 is 14.8. The molecule has 1 aliphatic heterocycles. The van der Waals surface area contributed by atoms with Crippen molar-refractivity contribution in [2.75, 3.05) is 11.4 Å². The van der Waals surface area contributed by atoms with E-state index in [9.17, 15) is 4.39 Å². The highest BCUT2D eigenvalue weighted by molar-refractivity contribution is 6.43. The van der Waals surface area contributed by atoms with E-state index in [4.69, 9.17) is 23.2 Å². The zero-order chi connectivity index (χ0) is 19.1. The Bertz CT molecular complexity index is 861. The van der Waals surface area contributed by atoms with Crippen molar-refractivity contribution in [1.29, 1.82) is 0 Å². The summed E-state index contributed by atoms with van der Waals surface area (Å²) in [4.78, 5) is 6.62. The van der Waals surface area contributed by atoms with E-state index in [0.29, 0.717) is 27.2 Å². The molecule has 26 heavy (non-hydrogen) atoms. The van der Waals surface area contributed by atoms with Gasteiger partial charge in [0.1, 0.15) is 5.82 Å². The van der Waals surface area contributed by atoms with Crippen LogP contribution in [0.4, 0.5) is 15.8 Å². The van der Waals surface area contributed by atoms with Gasteiger partial charge in [-0.25, -0.2) is 4.39 Å². The van der Waals surface area contributed by atoms with Crippen molar-refractivity contribution in [2.24, 2.45) is 4.99 Å². The summed E-state index contributed by atoms with van der Waals surface area (Å²) in [5.74, 6) is 0.0688. The average Bonchev–Trinajstić information content (AvgIpc) is 2.56. The van der Waals surface area contributed by atoms with E-state index in [0.717, 1.165) is 24.2 Å². The van der Waals surface area contributed by atoms with Gasteiger partial charge in [-0.05, 0) is 62.9 Å². The molecule has 1 heterocycles. The molecule has 0 bridgehead atoms. The first-order valence-electron chi connectivity index (χ1n) is 8.83. The number of anilines is 1. The third kappa shape index (κ3) is 3.47. The van der Waals surface area contributed by atoms with Crippen molar-refractivity contribution in [3.63, 3.8) is 0 Å². The van der Waals surface area contributed by atoms with E-state index in [1.807, 2.05) is 6.07 Å². The van der Waals surface area contributed by atoms with Crippen molar-refractivity contribution in [1.82, 2.24) is 0 Å². The summed E-state index contributed by atoms with van der Waals surface area (Å²) >= 11 is 12.2. The molecule has 0 radical (unpaired) electrons. The molecule has 0 fully saturated rings. The number of benzene rings is 2. The van der Waals surface area contributed by atoms with Gasteiger partial charge in [0.2, 0.25) is 0 Å². The van der Waals surface area contributed by atoms with Gasteiger partial charge in [-0.1, -0.05) is 36.2 Å². The Balaban J connectivity index is 2.03. The zero-order valence-corrected chi connectivity index (χ0v) is 17.0. The quantitative estimate of drug-likeness (QED) is 0.513. The minimum absolute atomic E-state index is 0.0114. The van der Waals surface area contributed by atoms with Gasteiger partial charge in [-0.3, -0.25) is 4.99 Å². The minimum Gasteiger partial charge on any atom is -0.366 e. The number of hydrogen-bond donors (Lipinski definition) is 0. The minimum atomic E-state index is -0.283. The van der Waals surface area contributed by atoms with Crippen LogP contribution in [0.15, 0.2) is 35.3 Å². The van der Waals surface area contributed by atoms with Crippen LogP contribution in [-0.4, -0.2) is 18.3 Å². The molecule has 2 nitrogen and oxygen atoms in total. The zero-order valence-electron chi connectivity index (χ0n) is 15.5. The molecule has 0 saturated carbocycles. The molecule has 1 atom stereocenters. The van der Waals surface area contributed by atoms with Crippen molar-refractivity contribution < 1.29 is 4.39 Å². The first-order valence-corrected chi connectivity index (χ1v) is 9.59. The topological polar surface area (TPSA) is 15.6 Å². The van der Waals surface area contributed by atoms with E-state index < -0.39 is 0 Å². The van der Waals surface area contributed by atoms with Gasteiger partial charge >= 0.3 is 0 Å². The van der Waals surface area contributed by atoms with Crippen molar-refractivity contribution in [3.05, 3.63) is 57.3 Å². The molecule has 3 rings (SSSR count). The van der Waals surface area contributed by atoms with Crippen LogP contribution in [0.5, 0.6) is 0 Å². The van der Waals surface area contributed by atoms with E-state index in [2.05, 4.69) is 37.6 Å². The molecule has 1 unspecified atom stereocenters. The number of aliphatic imine (C=N–C) groups is 1. The Morgan fingerprint density at radius 2 is 2.04 bits per heavy atom. The number of fused-ring (bicyclic) bond motifs is 1. The Morgan fingerprint density at radius 1 is 1.31 bits per heavy atom. The molecule has 0 saturated heterocycles. The van der Waals surface area contributed by atoms with Gasteiger partial charge in [0.25, 0.3) is 0 Å².